The van der Waals surface area contributed by atoms with Crippen molar-refractivity contribution < 1.29 is 23.8 Å². The van der Waals surface area contributed by atoms with E-state index in [0.717, 1.165) is 5.56 Å². The smallest absolute Gasteiger partial charge is 0.338 e. The number of hydrogen-bond donors (Lipinski definition) is 0. The number of esters is 1. The highest BCUT2D eigenvalue weighted by Crippen LogP contribution is 2.28. The Kier molecular flexibility index (Phi) is 6.33. The van der Waals surface area contributed by atoms with E-state index in [1.54, 1.807) is 63.6 Å². The molecule has 0 aliphatic heterocycles. The van der Waals surface area contributed by atoms with Gasteiger partial charge in [0.2, 0.25) is 0 Å². The van der Waals surface area contributed by atoms with Crippen LogP contribution >= 0.6 is 0 Å². The molecule has 0 bridgehead atoms. The molecule has 0 fully saturated rings. The third-order valence-corrected chi connectivity index (χ3v) is 3.53. The average Bonchev–Trinajstić information content (AvgIpc) is 2.66. The molecular weight excluding hydrogens is 332 g/mol. The van der Waals surface area contributed by atoms with Gasteiger partial charge in [0.05, 0.1) is 14.2 Å². The molecule has 0 amide bonds. The zero-order valence-corrected chi connectivity index (χ0v) is 14.9. The van der Waals surface area contributed by atoms with Gasteiger partial charge in [-0.05, 0) is 55.0 Å². The molecule has 0 aliphatic rings. The van der Waals surface area contributed by atoms with E-state index < -0.39 is 5.97 Å². The third kappa shape index (κ3) is 4.83. The molecule has 26 heavy (non-hydrogen) atoms. The molecule has 0 unspecified atom stereocenters. The molecule has 0 atom stereocenters. The van der Waals surface area contributed by atoms with Gasteiger partial charge in [0, 0.05) is 11.1 Å². The summed E-state index contributed by atoms with van der Waals surface area (Å²) >= 11 is 0. The van der Waals surface area contributed by atoms with E-state index in [2.05, 4.69) is 6.58 Å². The third-order valence-electron chi connectivity index (χ3n) is 3.53. The van der Waals surface area contributed by atoms with Gasteiger partial charge in [0.1, 0.15) is 5.75 Å². The second kappa shape index (κ2) is 8.67. The SMILES string of the molecule is C=C(C)C(=O)Oc1ccc(C(=O)C=Cc2ccc(OC)c(OC)c2)cc1. The first-order valence-electron chi connectivity index (χ1n) is 7.86. The van der Waals surface area contributed by atoms with Gasteiger partial charge in [-0.25, -0.2) is 4.79 Å². The summed E-state index contributed by atoms with van der Waals surface area (Å²) in [5.74, 6) is 0.898. The van der Waals surface area contributed by atoms with Crippen LogP contribution in [0.5, 0.6) is 17.2 Å². The minimum atomic E-state index is -0.502. The molecule has 134 valence electrons. The number of methoxy groups -OCH3 is 2. The van der Waals surface area contributed by atoms with Crippen molar-refractivity contribution >= 4 is 17.8 Å². The van der Waals surface area contributed by atoms with Gasteiger partial charge in [0.15, 0.2) is 17.3 Å². The summed E-state index contributed by atoms with van der Waals surface area (Å²) < 4.78 is 15.5. The van der Waals surface area contributed by atoms with Crippen molar-refractivity contribution in [3.05, 3.63) is 71.8 Å². The summed E-state index contributed by atoms with van der Waals surface area (Å²) in [7, 11) is 3.12. The van der Waals surface area contributed by atoms with Gasteiger partial charge < -0.3 is 14.2 Å². The largest absolute Gasteiger partial charge is 0.493 e. The molecule has 5 nitrogen and oxygen atoms in total. The van der Waals surface area contributed by atoms with Crippen LogP contribution in [0.25, 0.3) is 6.08 Å². The van der Waals surface area contributed by atoms with Gasteiger partial charge in [0.25, 0.3) is 0 Å². The lowest BCUT2D eigenvalue weighted by Gasteiger charge is -2.07. The Morgan fingerprint density at radius 3 is 2.19 bits per heavy atom. The maximum Gasteiger partial charge on any atom is 0.338 e. The highest BCUT2D eigenvalue weighted by atomic mass is 16.5. The molecule has 5 heteroatoms. The molecule has 2 rings (SSSR count). The first-order valence-corrected chi connectivity index (χ1v) is 7.86. The van der Waals surface area contributed by atoms with Crippen LogP contribution in [0.4, 0.5) is 0 Å². The molecule has 0 N–H and O–H groups in total. The van der Waals surface area contributed by atoms with Crippen LogP contribution in [-0.2, 0) is 4.79 Å². The van der Waals surface area contributed by atoms with Crippen molar-refractivity contribution in [2.75, 3.05) is 14.2 Å². The van der Waals surface area contributed by atoms with E-state index >= 15 is 0 Å². The fourth-order valence-electron chi connectivity index (χ4n) is 2.11. The van der Waals surface area contributed by atoms with Crippen molar-refractivity contribution in [2.24, 2.45) is 0 Å². The number of allylic oxidation sites excluding steroid dienone is 1. The summed E-state index contributed by atoms with van der Waals surface area (Å²) in [5.41, 5.74) is 1.60. The second-order valence-corrected chi connectivity index (χ2v) is 5.51. The predicted octanol–water partition coefficient (Wildman–Crippen LogP) is 4.08. The van der Waals surface area contributed by atoms with Crippen molar-refractivity contribution in [2.45, 2.75) is 6.92 Å². The highest BCUT2D eigenvalue weighted by molar-refractivity contribution is 6.06. The molecule has 0 spiro atoms. The van der Waals surface area contributed by atoms with Crippen LogP contribution in [0.2, 0.25) is 0 Å². The first kappa shape index (κ1) is 19.0. The van der Waals surface area contributed by atoms with Crippen LogP contribution < -0.4 is 14.2 Å². The topological polar surface area (TPSA) is 61.8 Å². The molecule has 2 aromatic rings. The molecule has 0 saturated carbocycles. The lowest BCUT2D eigenvalue weighted by Crippen LogP contribution is -2.08. The zero-order valence-electron chi connectivity index (χ0n) is 14.9. The fourth-order valence-corrected chi connectivity index (χ4v) is 2.11. The number of carbonyl (C=O) groups is 2. The van der Waals surface area contributed by atoms with Crippen molar-refractivity contribution in [1.29, 1.82) is 0 Å². The normalized spacial score (nSPS) is 10.4. The lowest BCUT2D eigenvalue weighted by atomic mass is 10.1. The number of carbonyl (C=O) groups excluding carboxylic acids is 2. The van der Waals surface area contributed by atoms with E-state index in [9.17, 15) is 9.59 Å². The maximum atomic E-state index is 12.3. The number of rotatable bonds is 7. The molecular formula is C21H20O5. The van der Waals surface area contributed by atoms with Crippen LogP contribution in [0.1, 0.15) is 22.8 Å². The van der Waals surface area contributed by atoms with E-state index in [4.69, 9.17) is 14.2 Å². The Bertz CT molecular complexity index is 847. The predicted molar refractivity (Wildman–Crippen MR) is 99.8 cm³/mol. The van der Waals surface area contributed by atoms with Crippen LogP contribution in [0.3, 0.4) is 0 Å². The van der Waals surface area contributed by atoms with Crippen LogP contribution in [-0.4, -0.2) is 26.0 Å². The first-order chi connectivity index (χ1) is 12.4. The van der Waals surface area contributed by atoms with Gasteiger partial charge in [-0.2, -0.15) is 0 Å². The van der Waals surface area contributed by atoms with E-state index in [-0.39, 0.29) is 5.78 Å². The van der Waals surface area contributed by atoms with Crippen LogP contribution in [0, 0.1) is 0 Å². The Balaban J connectivity index is 2.08. The maximum absolute atomic E-state index is 12.3. The summed E-state index contributed by atoms with van der Waals surface area (Å²) in [4.78, 5) is 23.7. The average molecular weight is 352 g/mol. The Labute approximate surface area is 152 Å². The molecule has 0 saturated heterocycles. The molecule has 2 aromatic carbocycles. The number of hydrogen-bond acceptors (Lipinski definition) is 5. The number of ketones is 1. The van der Waals surface area contributed by atoms with Gasteiger partial charge in [-0.15, -0.1) is 0 Å². The van der Waals surface area contributed by atoms with Gasteiger partial charge >= 0.3 is 5.97 Å². The monoisotopic (exact) mass is 352 g/mol. The van der Waals surface area contributed by atoms with E-state index in [1.807, 2.05) is 6.07 Å². The fraction of sp³-hybridized carbons (Fsp3) is 0.143. The van der Waals surface area contributed by atoms with Crippen molar-refractivity contribution in [1.82, 2.24) is 0 Å². The lowest BCUT2D eigenvalue weighted by molar-refractivity contribution is -0.130. The molecule has 0 radical (unpaired) electrons. The van der Waals surface area contributed by atoms with Crippen molar-refractivity contribution in [3.63, 3.8) is 0 Å². The number of ether oxygens (including phenoxy) is 3. The summed E-state index contributed by atoms with van der Waals surface area (Å²) in [5, 5.41) is 0. The quantitative estimate of drug-likeness (QED) is 0.325. The highest BCUT2D eigenvalue weighted by Gasteiger charge is 2.07. The van der Waals surface area contributed by atoms with Gasteiger partial charge in [-0.3, -0.25) is 4.79 Å². The second-order valence-electron chi connectivity index (χ2n) is 5.51. The van der Waals surface area contributed by atoms with Crippen molar-refractivity contribution in [3.8, 4) is 17.2 Å². The minimum Gasteiger partial charge on any atom is -0.493 e. The van der Waals surface area contributed by atoms with Crippen LogP contribution in [0.15, 0.2) is 60.7 Å². The Hall–Kier alpha value is -3.34. The molecule has 0 aliphatic carbocycles. The summed E-state index contributed by atoms with van der Waals surface area (Å²) in [6.07, 6.45) is 3.16. The summed E-state index contributed by atoms with van der Waals surface area (Å²) in [6, 6.07) is 11.7. The standard InChI is InChI=1S/C21H20O5/c1-14(2)21(23)26-17-9-7-16(8-10-17)18(22)11-5-15-6-12-19(24-3)20(13-15)25-4/h5-13H,1H2,2-4H3. The van der Waals surface area contributed by atoms with E-state index in [1.165, 1.54) is 6.08 Å². The molecule has 0 aromatic heterocycles. The number of benzene rings is 2. The van der Waals surface area contributed by atoms with Gasteiger partial charge in [-0.1, -0.05) is 18.7 Å². The zero-order chi connectivity index (χ0) is 19.1. The van der Waals surface area contributed by atoms with E-state index in [0.29, 0.717) is 28.4 Å². The molecule has 0 heterocycles. The minimum absolute atomic E-state index is 0.169. The Morgan fingerprint density at radius 1 is 0.962 bits per heavy atom. The Morgan fingerprint density at radius 2 is 1.62 bits per heavy atom. The summed E-state index contributed by atoms with van der Waals surface area (Å²) in [6.45, 7) is 5.09.